The van der Waals surface area contributed by atoms with Crippen molar-refractivity contribution in [3.8, 4) is 11.3 Å². The maximum atomic E-state index is 13.1. The maximum Gasteiger partial charge on any atom is 0.416 e. The molecule has 5 heteroatoms. The lowest BCUT2D eigenvalue weighted by Gasteiger charge is -2.13. The number of aromatic nitrogens is 1. The number of aldehydes is 1. The second-order valence-electron chi connectivity index (χ2n) is 6.02. The van der Waals surface area contributed by atoms with Gasteiger partial charge in [0.05, 0.1) is 11.3 Å². The lowest BCUT2D eigenvalue weighted by molar-refractivity contribution is -0.137. The molecule has 2 nitrogen and oxygen atoms in total. The lowest BCUT2D eigenvalue weighted by atomic mass is 9.96. The van der Waals surface area contributed by atoms with Crippen LogP contribution in [0, 0.1) is 0 Å². The van der Waals surface area contributed by atoms with Gasteiger partial charge in [0.25, 0.3) is 0 Å². The number of rotatable bonds is 1. The number of carbonyl (C=O) groups is 1. The number of para-hydroxylation sites is 1. The highest BCUT2D eigenvalue weighted by Gasteiger charge is 2.32. The number of fused-ring (bicyclic) bond motifs is 5. The molecule has 0 aliphatic carbocycles. The summed E-state index contributed by atoms with van der Waals surface area (Å²) in [5.41, 5.74) is 2.64. The zero-order chi connectivity index (χ0) is 16.9. The minimum Gasteiger partial charge on any atom is -0.340 e. The maximum absolute atomic E-state index is 13.1. The summed E-state index contributed by atoms with van der Waals surface area (Å²) in [5.74, 6) is 0. The van der Waals surface area contributed by atoms with Gasteiger partial charge in [0.1, 0.15) is 0 Å². The third-order valence-electron chi connectivity index (χ3n) is 4.65. The summed E-state index contributed by atoms with van der Waals surface area (Å²) >= 11 is 0. The van der Waals surface area contributed by atoms with Crippen LogP contribution in [0.25, 0.3) is 22.2 Å². The van der Waals surface area contributed by atoms with Crippen LogP contribution in [-0.2, 0) is 19.1 Å². The Morgan fingerprint density at radius 2 is 1.88 bits per heavy atom. The van der Waals surface area contributed by atoms with E-state index in [-0.39, 0.29) is 0 Å². The quantitative estimate of drug-likeness (QED) is 0.570. The SMILES string of the molecule is O=Cc1c2n(c3ccccc13)CCCc1ccc(C(F)(F)F)cc1-2. The highest BCUT2D eigenvalue weighted by Crippen LogP contribution is 2.40. The fourth-order valence-corrected chi connectivity index (χ4v) is 3.59. The van der Waals surface area contributed by atoms with Crippen LogP contribution in [0.5, 0.6) is 0 Å². The van der Waals surface area contributed by atoms with Crippen molar-refractivity contribution in [1.82, 2.24) is 4.57 Å². The van der Waals surface area contributed by atoms with Crippen molar-refractivity contribution >= 4 is 17.2 Å². The molecule has 2 heterocycles. The molecule has 0 radical (unpaired) electrons. The molecule has 3 aromatic rings. The van der Waals surface area contributed by atoms with Crippen molar-refractivity contribution < 1.29 is 18.0 Å². The number of hydrogen-bond acceptors (Lipinski definition) is 1. The van der Waals surface area contributed by atoms with E-state index in [1.54, 1.807) is 6.07 Å². The molecule has 0 bridgehead atoms. The van der Waals surface area contributed by atoms with Crippen molar-refractivity contribution in [3.63, 3.8) is 0 Å². The summed E-state index contributed by atoms with van der Waals surface area (Å²) < 4.78 is 41.4. The largest absolute Gasteiger partial charge is 0.416 e. The summed E-state index contributed by atoms with van der Waals surface area (Å²) in [5, 5.41) is 0.785. The van der Waals surface area contributed by atoms with Crippen LogP contribution >= 0.6 is 0 Å². The molecule has 0 N–H and O–H groups in total. The molecule has 122 valence electrons. The molecule has 0 fully saturated rings. The van der Waals surface area contributed by atoms with Gasteiger partial charge in [-0.15, -0.1) is 0 Å². The summed E-state index contributed by atoms with van der Waals surface area (Å²) in [7, 11) is 0. The van der Waals surface area contributed by atoms with E-state index in [2.05, 4.69) is 0 Å². The summed E-state index contributed by atoms with van der Waals surface area (Å²) in [6.45, 7) is 0.680. The van der Waals surface area contributed by atoms with Gasteiger partial charge < -0.3 is 4.57 Å². The second-order valence-corrected chi connectivity index (χ2v) is 6.02. The van der Waals surface area contributed by atoms with Gasteiger partial charge in [-0.05, 0) is 36.6 Å². The van der Waals surface area contributed by atoms with Crippen LogP contribution in [0.15, 0.2) is 42.5 Å². The highest BCUT2D eigenvalue weighted by atomic mass is 19.4. The zero-order valence-electron chi connectivity index (χ0n) is 12.7. The van der Waals surface area contributed by atoms with Crippen LogP contribution in [-0.4, -0.2) is 10.9 Å². The monoisotopic (exact) mass is 329 g/mol. The number of carbonyl (C=O) groups excluding carboxylic acids is 1. The molecule has 0 saturated heterocycles. The van der Waals surface area contributed by atoms with Gasteiger partial charge in [-0.3, -0.25) is 4.79 Å². The fraction of sp³-hybridized carbons (Fsp3) is 0.211. The topological polar surface area (TPSA) is 22.0 Å². The molecule has 4 rings (SSSR count). The van der Waals surface area contributed by atoms with Crippen molar-refractivity contribution in [1.29, 1.82) is 0 Å². The first kappa shape index (κ1) is 15.0. The Morgan fingerprint density at radius 1 is 1.08 bits per heavy atom. The van der Waals surface area contributed by atoms with E-state index in [9.17, 15) is 18.0 Å². The summed E-state index contributed by atoms with van der Waals surface area (Å²) in [6.07, 6.45) is -2.13. The Balaban J connectivity index is 2.09. The lowest BCUT2D eigenvalue weighted by Crippen LogP contribution is -2.06. The van der Waals surface area contributed by atoms with E-state index in [0.717, 1.165) is 35.2 Å². The average Bonchev–Trinajstić information content (AvgIpc) is 2.75. The molecule has 1 aliphatic heterocycles. The number of alkyl halides is 3. The van der Waals surface area contributed by atoms with Crippen LogP contribution in [0.1, 0.15) is 27.9 Å². The van der Waals surface area contributed by atoms with Crippen LogP contribution in [0.4, 0.5) is 13.2 Å². The van der Waals surface area contributed by atoms with E-state index in [0.29, 0.717) is 29.8 Å². The number of halogens is 3. The molecule has 0 unspecified atom stereocenters. The Labute approximate surface area is 136 Å². The van der Waals surface area contributed by atoms with Crippen LogP contribution < -0.4 is 0 Å². The molecule has 1 aliphatic rings. The van der Waals surface area contributed by atoms with Crippen molar-refractivity contribution in [2.24, 2.45) is 0 Å². The molecule has 0 spiro atoms. The molecule has 1 aromatic heterocycles. The molecule has 2 aromatic carbocycles. The standard InChI is InChI=1S/C19H14F3NO/c20-19(21,22)13-8-7-12-4-3-9-23-17-6-2-1-5-14(17)16(11-24)18(23)15(12)10-13/h1-2,5-8,10-11H,3-4,9H2. The van der Waals surface area contributed by atoms with Gasteiger partial charge in [-0.25, -0.2) is 0 Å². The first-order valence-corrected chi connectivity index (χ1v) is 7.77. The number of hydrogen-bond donors (Lipinski definition) is 0. The zero-order valence-corrected chi connectivity index (χ0v) is 12.7. The van der Waals surface area contributed by atoms with Gasteiger partial charge in [0.2, 0.25) is 0 Å². The van der Waals surface area contributed by atoms with Gasteiger partial charge in [0, 0.05) is 28.6 Å². The molecule has 0 atom stereocenters. The minimum absolute atomic E-state index is 0.466. The van der Waals surface area contributed by atoms with Crippen molar-refractivity contribution in [2.45, 2.75) is 25.6 Å². The average molecular weight is 329 g/mol. The van der Waals surface area contributed by atoms with E-state index < -0.39 is 11.7 Å². The molecular formula is C19H14F3NO. The molecule has 0 amide bonds. The first-order chi connectivity index (χ1) is 11.5. The smallest absolute Gasteiger partial charge is 0.340 e. The number of aryl methyl sites for hydroxylation is 2. The van der Waals surface area contributed by atoms with E-state index in [4.69, 9.17) is 0 Å². The Bertz CT molecular complexity index is 953. The highest BCUT2D eigenvalue weighted by molar-refractivity contribution is 6.05. The number of nitrogens with zero attached hydrogens (tertiary/aromatic N) is 1. The molecule has 24 heavy (non-hydrogen) atoms. The predicted molar refractivity (Wildman–Crippen MR) is 86.1 cm³/mol. The minimum atomic E-state index is -4.40. The van der Waals surface area contributed by atoms with E-state index in [1.165, 1.54) is 6.07 Å². The molecule has 0 saturated carbocycles. The third-order valence-corrected chi connectivity index (χ3v) is 4.65. The van der Waals surface area contributed by atoms with Crippen molar-refractivity contribution in [3.05, 3.63) is 59.2 Å². The summed E-state index contributed by atoms with van der Waals surface area (Å²) in [6, 6.07) is 11.3. The molecular weight excluding hydrogens is 315 g/mol. The van der Waals surface area contributed by atoms with Gasteiger partial charge in [-0.1, -0.05) is 24.3 Å². The third kappa shape index (κ3) is 2.15. The summed E-state index contributed by atoms with van der Waals surface area (Å²) in [4.78, 5) is 11.7. The Morgan fingerprint density at radius 3 is 2.62 bits per heavy atom. The Hall–Kier alpha value is -2.56. The van der Waals surface area contributed by atoms with E-state index >= 15 is 0 Å². The van der Waals surface area contributed by atoms with Crippen LogP contribution in [0.3, 0.4) is 0 Å². The van der Waals surface area contributed by atoms with Gasteiger partial charge in [-0.2, -0.15) is 13.2 Å². The predicted octanol–water partition coefficient (Wildman–Crippen LogP) is 5.09. The van der Waals surface area contributed by atoms with Crippen LogP contribution in [0.2, 0.25) is 0 Å². The number of benzene rings is 2. The first-order valence-electron chi connectivity index (χ1n) is 7.77. The Kier molecular flexibility index (Phi) is 3.27. The fourth-order valence-electron chi connectivity index (χ4n) is 3.59. The second kappa shape index (κ2) is 5.23. The normalized spacial score (nSPS) is 14.1. The van der Waals surface area contributed by atoms with Gasteiger partial charge in [0.15, 0.2) is 6.29 Å². The van der Waals surface area contributed by atoms with E-state index in [1.807, 2.05) is 28.8 Å². The van der Waals surface area contributed by atoms with Crippen molar-refractivity contribution in [2.75, 3.05) is 0 Å². The van der Waals surface area contributed by atoms with Gasteiger partial charge >= 0.3 is 6.18 Å².